The highest BCUT2D eigenvalue weighted by atomic mass is 16.5. The quantitative estimate of drug-likeness (QED) is 0.373. The first-order valence-corrected chi connectivity index (χ1v) is 17.4. The number of hydrogen-bond donors (Lipinski definition) is 3. The Balaban J connectivity index is 1.12. The molecule has 1 spiro atoms. The predicted molar refractivity (Wildman–Crippen MR) is 178 cm³/mol. The zero-order valence-electron chi connectivity index (χ0n) is 27.8. The molecule has 9 heteroatoms. The highest BCUT2D eigenvalue weighted by Gasteiger charge is 2.46. The summed E-state index contributed by atoms with van der Waals surface area (Å²) < 4.78 is 12.4. The summed E-state index contributed by atoms with van der Waals surface area (Å²) in [5.41, 5.74) is 3.39. The maximum Gasteiger partial charge on any atom is 0.320 e. The molecule has 46 heavy (non-hydrogen) atoms. The summed E-state index contributed by atoms with van der Waals surface area (Å²) in [4.78, 5) is 30.8. The summed E-state index contributed by atoms with van der Waals surface area (Å²) in [6.07, 6.45) is 6.00. The van der Waals surface area contributed by atoms with Crippen LogP contribution in [0.15, 0.2) is 48.5 Å². The minimum atomic E-state index is -0.848. The van der Waals surface area contributed by atoms with E-state index < -0.39 is 18.2 Å². The van der Waals surface area contributed by atoms with Gasteiger partial charge in [-0.15, -0.1) is 0 Å². The molecule has 3 N–H and O–H groups in total. The molecule has 1 saturated carbocycles. The minimum absolute atomic E-state index is 0.0221. The number of fused-ring (bicyclic) bond motifs is 1. The summed E-state index contributed by atoms with van der Waals surface area (Å²) in [6, 6.07) is 15.9. The third kappa shape index (κ3) is 7.53. The number of nitrogens with one attached hydrogen (secondary N) is 2. The zero-order valence-corrected chi connectivity index (χ0v) is 27.8. The largest absolute Gasteiger partial charge is 0.487 e. The molecule has 4 atom stereocenters. The number of carbonyl (C=O) groups excluding carboxylic acids is 2. The molecule has 3 aliphatic heterocycles. The van der Waals surface area contributed by atoms with Crippen molar-refractivity contribution in [1.29, 1.82) is 0 Å². The average molecular weight is 633 g/mol. The Bertz CT molecular complexity index is 1360. The SMILES string of the molecule is CCc1ccc2c(c1)[C@@H](NC[C@H](O)[C@H](Cc1ccccc1)NC(=O)[C@@H]1CN(C(=O)N3CCCC(C)(C)C3)CCO1)CC1(CCC1)O2. The molecule has 0 unspecified atom stereocenters. The van der Waals surface area contributed by atoms with Crippen LogP contribution in [-0.2, 0) is 22.4 Å². The predicted octanol–water partition coefficient (Wildman–Crippen LogP) is 4.62. The van der Waals surface area contributed by atoms with Gasteiger partial charge in [0.2, 0.25) is 0 Å². The Morgan fingerprint density at radius 3 is 2.54 bits per heavy atom. The first kappa shape index (κ1) is 32.8. The molecule has 0 bridgehead atoms. The van der Waals surface area contributed by atoms with E-state index in [-0.39, 0.29) is 35.5 Å². The second kappa shape index (κ2) is 13.9. The van der Waals surface area contributed by atoms with E-state index in [4.69, 9.17) is 9.47 Å². The van der Waals surface area contributed by atoms with Crippen molar-refractivity contribution < 1.29 is 24.2 Å². The molecule has 2 saturated heterocycles. The number of rotatable bonds is 9. The van der Waals surface area contributed by atoms with Crippen LogP contribution in [0.4, 0.5) is 4.79 Å². The summed E-state index contributed by atoms with van der Waals surface area (Å²) in [5, 5.41) is 18.4. The van der Waals surface area contributed by atoms with Gasteiger partial charge in [-0.25, -0.2) is 4.79 Å². The number of hydrogen-bond acceptors (Lipinski definition) is 6. The molecular formula is C37H52N4O5. The summed E-state index contributed by atoms with van der Waals surface area (Å²) >= 11 is 0. The number of aryl methyl sites for hydroxylation is 1. The molecule has 2 aromatic carbocycles. The van der Waals surface area contributed by atoms with Crippen molar-refractivity contribution in [3.8, 4) is 5.75 Å². The maximum absolute atomic E-state index is 13.7. The van der Waals surface area contributed by atoms with Gasteiger partial charge in [-0.1, -0.05) is 63.2 Å². The Hall–Kier alpha value is -3.14. The number of piperidine rings is 1. The van der Waals surface area contributed by atoms with Crippen molar-refractivity contribution in [1.82, 2.24) is 20.4 Å². The fourth-order valence-electron chi connectivity index (χ4n) is 7.60. The molecule has 250 valence electrons. The average Bonchev–Trinajstić information content (AvgIpc) is 3.05. The number of morpholine rings is 1. The first-order valence-electron chi connectivity index (χ1n) is 17.4. The van der Waals surface area contributed by atoms with Gasteiger partial charge in [0, 0.05) is 44.2 Å². The normalized spacial score (nSPS) is 24.7. The lowest BCUT2D eigenvalue weighted by molar-refractivity contribution is -0.139. The van der Waals surface area contributed by atoms with E-state index in [0.29, 0.717) is 26.1 Å². The Labute approximate surface area is 274 Å². The molecular weight excluding hydrogens is 580 g/mol. The monoisotopic (exact) mass is 632 g/mol. The van der Waals surface area contributed by atoms with Crippen LogP contribution in [0.3, 0.4) is 0 Å². The van der Waals surface area contributed by atoms with Gasteiger partial charge in [0.1, 0.15) is 11.4 Å². The van der Waals surface area contributed by atoms with Crippen molar-refractivity contribution in [3.05, 3.63) is 65.2 Å². The van der Waals surface area contributed by atoms with E-state index in [1.807, 2.05) is 35.2 Å². The highest BCUT2D eigenvalue weighted by Crippen LogP contribution is 2.49. The van der Waals surface area contributed by atoms with E-state index in [1.54, 1.807) is 4.90 Å². The number of urea groups is 1. The minimum Gasteiger partial charge on any atom is -0.487 e. The molecule has 3 heterocycles. The number of likely N-dealkylation sites (tertiary alicyclic amines) is 1. The van der Waals surface area contributed by atoms with Crippen molar-refractivity contribution in [2.24, 2.45) is 5.41 Å². The Kier molecular flexibility index (Phi) is 9.92. The molecule has 3 amide bonds. The summed E-state index contributed by atoms with van der Waals surface area (Å²) in [6.45, 7) is 9.30. The maximum atomic E-state index is 13.7. The number of ether oxygens (including phenoxy) is 2. The van der Waals surface area contributed by atoms with Crippen LogP contribution >= 0.6 is 0 Å². The van der Waals surface area contributed by atoms with Gasteiger partial charge in [-0.3, -0.25) is 4.79 Å². The van der Waals surface area contributed by atoms with Crippen molar-refractivity contribution in [3.63, 3.8) is 0 Å². The first-order chi connectivity index (χ1) is 22.1. The van der Waals surface area contributed by atoms with Gasteiger partial charge in [0.05, 0.1) is 25.3 Å². The summed E-state index contributed by atoms with van der Waals surface area (Å²) in [5.74, 6) is 0.639. The lowest BCUT2D eigenvalue weighted by Crippen LogP contribution is -2.59. The molecule has 2 aromatic rings. The van der Waals surface area contributed by atoms with Crippen LogP contribution in [-0.4, -0.2) is 90.0 Å². The van der Waals surface area contributed by atoms with E-state index in [9.17, 15) is 14.7 Å². The van der Waals surface area contributed by atoms with Crippen LogP contribution in [0.1, 0.15) is 82.0 Å². The highest BCUT2D eigenvalue weighted by molar-refractivity contribution is 5.83. The molecule has 9 nitrogen and oxygen atoms in total. The van der Waals surface area contributed by atoms with Gasteiger partial charge >= 0.3 is 6.03 Å². The number of aliphatic hydroxyl groups excluding tert-OH is 1. The second-order valence-corrected chi connectivity index (χ2v) is 14.7. The smallest absolute Gasteiger partial charge is 0.320 e. The molecule has 6 rings (SSSR count). The Morgan fingerprint density at radius 1 is 1.02 bits per heavy atom. The number of nitrogens with zero attached hydrogens (tertiary/aromatic N) is 2. The molecule has 1 aliphatic carbocycles. The third-order valence-corrected chi connectivity index (χ3v) is 10.5. The van der Waals surface area contributed by atoms with Crippen LogP contribution in [0, 0.1) is 5.41 Å². The second-order valence-electron chi connectivity index (χ2n) is 14.7. The van der Waals surface area contributed by atoms with Gasteiger partial charge in [0.15, 0.2) is 6.10 Å². The van der Waals surface area contributed by atoms with Crippen LogP contribution in [0.5, 0.6) is 5.75 Å². The van der Waals surface area contributed by atoms with E-state index in [0.717, 1.165) is 68.5 Å². The van der Waals surface area contributed by atoms with Crippen LogP contribution < -0.4 is 15.4 Å². The van der Waals surface area contributed by atoms with E-state index >= 15 is 0 Å². The molecule has 0 aromatic heterocycles. The fourth-order valence-corrected chi connectivity index (χ4v) is 7.60. The summed E-state index contributed by atoms with van der Waals surface area (Å²) in [7, 11) is 0. The molecule has 4 aliphatic rings. The van der Waals surface area contributed by atoms with Gasteiger partial charge in [0.25, 0.3) is 5.91 Å². The van der Waals surface area contributed by atoms with Crippen molar-refractivity contribution >= 4 is 11.9 Å². The topological polar surface area (TPSA) is 103 Å². The van der Waals surface area contributed by atoms with E-state index in [1.165, 1.54) is 12.0 Å². The van der Waals surface area contributed by atoms with Crippen LogP contribution in [0.25, 0.3) is 0 Å². The third-order valence-electron chi connectivity index (χ3n) is 10.5. The van der Waals surface area contributed by atoms with Crippen molar-refractivity contribution in [2.45, 2.75) is 102 Å². The standard InChI is InChI=1S/C37H52N4O5/c1-4-26-12-13-32-28(20-26)30(22-37(46-32)15-8-16-37)38-23-31(42)29(21-27-10-6-5-7-11-27)39-34(43)33-24-40(18-19-45-33)35(44)41-17-9-14-36(2,3)25-41/h5-7,10-13,20,29-31,33,38,42H,4,8-9,14-19,21-25H2,1-3H3,(H,39,43)/t29-,30-,31-,33-/m0/s1. The zero-order chi connectivity index (χ0) is 32.3. The van der Waals surface area contributed by atoms with Gasteiger partial charge < -0.3 is 35.0 Å². The molecule has 0 radical (unpaired) electrons. The number of carbonyl (C=O) groups is 2. The fraction of sp³-hybridized carbons (Fsp3) is 0.622. The van der Waals surface area contributed by atoms with Gasteiger partial charge in [-0.2, -0.15) is 0 Å². The van der Waals surface area contributed by atoms with Crippen LogP contribution in [0.2, 0.25) is 0 Å². The lowest BCUT2D eigenvalue weighted by Gasteiger charge is -2.48. The Morgan fingerprint density at radius 2 is 1.83 bits per heavy atom. The molecule has 3 fully saturated rings. The van der Waals surface area contributed by atoms with Crippen molar-refractivity contribution in [2.75, 3.05) is 39.3 Å². The van der Waals surface area contributed by atoms with Gasteiger partial charge in [-0.05, 0) is 67.6 Å². The number of benzene rings is 2. The van der Waals surface area contributed by atoms with E-state index in [2.05, 4.69) is 49.6 Å². The lowest BCUT2D eigenvalue weighted by atomic mass is 9.72. The number of aliphatic hydroxyl groups is 1. The number of amides is 3.